The van der Waals surface area contributed by atoms with E-state index in [1.165, 1.54) is 6.07 Å². The molecule has 0 saturated carbocycles. The maximum absolute atomic E-state index is 13.8. The lowest BCUT2D eigenvalue weighted by Crippen LogP contribution is -2.54. The van der Waals surface area contributed by atoms with Crippen molar-refractivity contribution in [2.24, 2.45) is 5.41 Å². The molecule has 1 heterocycles. The summed E-state index contributed by atoms with van der Waals surface area (Å²) in [5.74, 6) is -0.307. The van der Waals surface area contributed by atoms with Crippen LogP contribution in [0.2, 0.25) is 0 Å². The molecule has 0 fully saturated rings. The average molecular weight is 562 g/mol. The van der Waals surface area contributed by atoms with Crippen molar-refractivity contribution in [1.82, 2.24) is 10.6 Å². The number of methoxy groups -OCH3 is 1. The van der Waals surface area contributed by atoms with Crippen LogP contribution < -0.4 is 20.3 Å². The van der Waals surface area contributed by atoms with Gasteiger partial charge in [0.2, 0.25) is 5.91 Å². The highest BCUT2D eigenvalue weighted by atomic mass is 19.1. The zero-order chi connectivity index (χ0) is 29.4. The highest BCUT2D eigenvalue weighted by Gasteiger charge is 2.30. The smallest absolute Gasteiger partial charge is 0.252 e. The Bertz CT molecular complexity index is 1330. The Hall–Kier alpha value is -3.91. The number of fused-ring (bicyclic) bond motifs is 1. The molecular weight excluding hydrogens is 521 g/mol. The number of amides is 2. The van der Waals surface area contributed by atoms with Gasteiger partial charge < -0.3 is 25.0 Å². The van der Waals surface area contributed by atoms with Crippen molar-refractivity contribution in [3.05, 3.63) is 95.3 Å². The van der Waals surface area contributed by atoms with Crippen molar-refractivity contribution >= 4 is 17.5 Å². The molecule has 4 rings (SSSR count). The Balaban J connectivity index is 1.49. The van der Waals surface area contributed by atoms with Crippen LogP contribution in [0.3, 0.4) is 0 Å². The van der Waals surface area contributed by atoms with Crippen LogP contribution >= 0.6 is 0 Å². The fraction of sp³-hybridized carbons (Fsp3) is 0.394. The summed E-state index contributed by atoms with van der Waals surface area (Å²) >= 11 is 0. The van der Waals surface area contributed by atoms with Crippen molar-refractivity contribution in [1.29, 1.82) is 0 Å². The topological polar surface area (TPSA) is 79.9 Å². The lowest BCUT2D eigenvalue weighted by molar-refractivity contribution is -0.124. The number of ether oxygens (including phenoxy) is 2. The summed E-state index contributed by atoms with van der Waals surface area (Å²) in [5.41, 5.74) is 3.15. The second-order valence-corrected chi connectivity index (χ2v) is 11.7. The van der Waals surface area contributed by atoms with E-state index in [0.29, 0.717) is 30.9 Å². The average Bonchev–Trinajstić information content (AvgIpc) is 3.33. The van der Waals surface area contributed by atoms with E-state index in [9.17, 15) is 14.0 Å². The Kier molecular flexibility index (Phi) is 10.00. The minimum Gasteiger partial charge on any atom is -0.497 e. The third-order valence-electron chi connectivity index (χ3n) is 7.02. The summed E-state index contributed by atoms with van der Waals surface area (Å²) in [6, 6.07) is 20.4. The van der Waals surface area contributed by atoms with E-state index in [-0.39, 0.29) is 35.7 Å². The molecule has 0 radical (unpaired) electrons. The van der Waals surface area contributed by atoms with Crippen LogP contribution in [0.15, 0.2) is 72.8 Å². The summed E-state index contributed by atoms with van der Waals surface area (Å²) in [7, 11) is 1.54. The molecule has 218 valence electrons. The number of carbonyl (C=O) groups excluding carboxylic acids is 2. The zero-order valence-corrected chi connectivity index (χ0v) is 24.3. The number of nitrogens with one attached hydrogen (secondary N) is 2. The SMILES string of the molecule is COc1cccc(C(=O)NC(CC(C)(C)C)C(=O)N[C@H](COCc2ccccc2)CN2CCc3cc(F)ccc32)c1. The van der Waals surface area contributed by atoms with Gasteiger partial charge in [-0.15, -0.1) is 0 Å². The largest absolute Gasteiger partial charge is 0.497 e. The number of rotatable bonds is 12. The molecule has 3 aromatic carbocycles. The van der Waals surface area contributed by atoms with E-state index in [1.807, 2.05) is 51.1 Å². The summed E-state index contributed by atoms with van der Waals surface area (Å²) in [5, 5.41) is 6.10. The molecular formula is C33H40FN3O4. The molecule has 1 unspecified atom stereocenters. The standard InChI is InChI=1S/C33H40FN3O4/c1-33(2,3)19-29(36-31(38)25-11-8-12-28(18-25)40-4)32(39)35-27(22-41-21-23-9-6-5-7-10-23)20-37-16-15-24-17-26(34)13-14-30(24)37/h5-14,17-18,27,29H,15-16,19-22H2,1-4H3,(H,35,39)(H,36,38)/t27-,29?/m0/s1. The third-order valence-corrected chi connectivity index (χ3v) is 7.02. The normalized spacial score (nSPS) is 14.2. The van der Waals surface area contributed by atoms with Gasteiger partial charge in [0.25, 0.3) is 5.91 Å². The highest BCUT2D eigenvalue weighted by Crippen LogP contribution is 2.29. The van der Waals surface area contributed by atoms with Gasteiger partial charge in [0.1, 0.15) is 17.6 Å². The summed E-state index contributed by atoms with van der Waals surface area (Å²) in [4.78, 5) is 29.1. The molecule has 2 N–H and O–H groups in total. The van der Waals surface area contributed by atoms with Crippen LogP contribution in [0.25, 0.3) is 0 Å². The lowest BCUT2D eigenvalue weighted by Gasteiger charge is -2.30. The molecule has 1 aliphatic heterocycles. The zero-order valence-electron chi connectivity index (χ0n) is 24.3. The van der Waals surface area contributed by atoms with E-state index in [2.05, 4.69) is 15.5 Å². The van der Waals surface area contributed by atoms with Gasteiger partial charge in [0.05, 0.1) is 26.4 Å². The monoisotopic (exact) mass is 561 g/mol. The van der Waals surface area contributed by atoms with Crippen molar-refractivity contribution in [2.45, 2.75) is 52.3 Å². The Morgan fingerprint density at radius 3 is 2.51 bits per heavy atom. The van der Waals surface area contributed by atoms with Gasteiger partial charge in [-0.05, 0) is 65.8 Å². The molecule has 0 aliphatic carbocycles. The second-order valence-electron chi connectivity index (χ2n) is 11.7. The van der Waals surface area contributed by atoms with Crippen LogP contribution in [0.4, 0.5) is 10.1 Å². The fourth-order valence-corrected chi connectivity index (χ4v) is 5.06. The quantitative estimate of drug-likeness (QED) is 0.320. The number of hydrogen-bond acceptors (Lipinski definition) is 5. The van der Waals surface area contributed by atoms with Crippen molar-refractivity contribution in [3.8, 4) is 5.75 Å². The van der Waals surface area contributed by atoms with Crippen LogP contribution in [0.1, 0.15) is 48.7 Å². The van der Waals surface area contributed by atoms with Gasteiger partial charge in [-0.3, -0.25) is 9.59 Å². The Labute approximate surface area is 242 Å². The number of nitrogens with zero attached hydrogens (tertiary/aromatic N) is 1. The van der Waals surface area contributed by atoms with E-state index >= 15 is 0 Å². The molecule has 2 amide bonds. The summed E-state index contributed by atoms with van der Waals surface area (Å²) in [6.07, 6.45) is 1.18. The molecule has 7 nitrogen and oxygen atoms in total. The minimum absolute atomic E-state index is 0.221. The van der Waals surface area contributed by atoms with Gasteiger partial charge >= 0.3 is 0 Å². The highest BCUT2D eigenvalue weighted by molar-refractivity contribution is 5.97. The predicted molar refractivity (Wildman–Crippen MR) is 159 cm³/mol. The number of hydrogen-bond donors (Lipinski definition) is 2. The molecule has 0 bridgehead atoms. The van der Waals surface area contributed by atoms with Crippen LogP contribution in [-0.4, -0.2) is 50.7 Å². The van der Waals surface area contributed by atoms with Gasteiger partial charge in [-0.1, -0.05) is 57.2 Å². The van der Waals surface area contributed by atoms with Crippen molar-refractivity contribution < 1.29 is 23.5 Å². The summed E-state index contributed by atoms with van der Waals surface area (Å²) in [6.45, 7) is 8.00. The number of halogens is 1. The minimum atomic E-state index is -0.759. The van der Waals surface area contributed by atoms with E-state index in [1.54, 1.807) is 43.5 Å². The number of anilines is 1. The summed E-state index contributed by atoms with van der Waals surface area (Å²) < 4.78 is 25.1. The van der Waals surface area contributed by atoms with Gasteiger partial charge in [0.15, 0.2) is 0 Å². The van der Waals surface area contributed by atoms with Crippen LogP contribution in [0, 0.1) is 11.2 Å². The van der Waals surface area contributed by atoms with Crippen molar-refractivity contribution in [3.63, 3.8) is 0 Å². The first-order valence-corrected chi connectivity index (χ1v) is 14.0. The molecule has 2 atom stereocenters. The van der Waals surface area contributed by atoms with Crippen molar-refractivity contribution in [2.75, 3.05) is 31.7 Å². The molecule has 1 aliphatic rings. The van der Waals surface area contributed by atoms with E-state index in [0.717, 1.165) is 29.8 Å². The number of carbonyl (C=O) groups is 2. The van der Waals surface area contributed by atoms with E-state index < -0.39 is 6.04 Å². The Morgan fingerprint density at radius 1 is 1.00 bits per heavy atom. The molecule has 8 heteroatoms. The van der Waals surface area contributed by atoms with Crippen LogP contribution in [-0.2, 0) is 22.6 Å². The maximum Gasteiger partial charge on any atom is 0.252 e. The third kappa shape index (κ3) is 8.79. The molecule has 3 aromatic rings. The maximum atomic E-state index is 13.8. The fourth-order valence-electron chi connectivity index (χ4n) is 5.06. The molecule has 0 aromatic heterocycles. The van der Waals surface area contributed by atoms with Crippen LogP contribution in [0.5, 0.6) is 5.75 Å². The predicted octanol–water partition coefficient (Wildman–Crippen LogP) is 5.13. The second kappa shape index (κ2) is 13.6. The first kappa shape index (κ1) is 30.1. The lowest BCUT2D eigenvalue weighted by atomic mass is 9.87. The first-order chi connectivity index (χ1) is 19.6. The molecule has 0 spiro atoms. The van der Waals surface area contributed by atoms with Gasteiger partial charge in [-0.2, -0.15) is 0 Å². The van der Waals surface area contributed by atoms with Gasteiger partial charge in [0, 0.05) is 24.3 Å². The molecule has 41 heavy (non-hydrogen) atoms. The van der Waals surface area contributed by atoms with Gasteiger partial charge in [-0.25, -0.2) is 4.39 Å². The number of benzene rings is 3. The van der Waals surface area contributed by atoms with E-state index in [4.69, 9.17) is 9.47 Å². The Morgan fingerprint density at radius 2 is 1.78 bits per heavy atom. The molecule has 0 saturated heterocycles. The first-order valence-electron chi connectivity index (χ1n) is 14.0.